The molecule has 1 saturated carbocycles. The number of carbonyl (C=O) groups excluding carboxylic acids is 1. The summed E-state index contributed by atoms with van der Waals surface area (Å²) in [5.41, 5.74) is 0.380. The quantitative estimate of drug-likeness (QED) is 0.815. The average molecular weight is 368 g/mol. The molecular weight excluding hydrogens is 340 g/mol. The highest BCUT2D eigenvalue weighted by Gasteiger charge is 2.28. The van der Waals surface area contributed by atoms with Gasteiger partial charge in [0.05, 0.1) is 0 Å². The number of aromatic nitrogens is 3. The predicted octanol–water partition coefficient (Wildman–Crippen LogP) is 2.88. The number of amides is 1. The first-order valence-electron chi connectivity index (χ1n) is 10.2. The van der Waals surface area contributed by atoms with E-state index in [4.69, 9.17) is 0 Å². The standard InChI is InChI=1S/C21H28N4O2/c1-2-23-10-8-18(14-19(23)26)21(27)24-11-6-17(7-12-24)20-22-9-13-25(20)15-16-4-3-5-16/h8-10,13-14,16-17H,2-7,11-12,15H2,1H3. The van der Waals surface area contributed by atoms with Crippen LogP contribution in [0.4, 0.5) is 0 Å². The van der Waals surface area contributed by atoms with Crippen LogP contribution >= 0.6 is 0 Å². The van der Waals surface area contributed by atoms with Gasteiger partial charge < -0.3 is 14.0 Å². The van der Waals surface area contributed by atoms with Crippen LogP contribution < -0.4 is 5.56 Å². The monoisotopic (exact) mass is 368 g/mol. The number of nitrogens with zero attached hydrogens (tertiary/aromatic N) is 4. The fraction of sp³-hybridized carbons (Fsp3) is 0.571. The van der Waals surface area contributed by atoms with Crippen molar-refractivity contribution in [3.05, 3.63) is 52.5 Å². The van der Waals surface area contributed by atoms with Crippen molar-refractivity contribution in [1.82, 2.24) is 19.0 Å². The zero-order valence-electron chi connectivity index (χ0n) is 16.0. The van der Waals surface area contributed by atoms with E-state index in [0.717, 1.165) is 38.4 Å². The molecule has 2 fully saturated rings. The molecule has 0 unspecified atom stereocenters. The second-order valence-electron chi connectivity index (χ2n) is 7.84. The predicted molar refractivity (Wildman–Crippen MR) is 104 cm³/mol. The second-order valence-corrected chi connectivity index (χ2v) is 7.84. The van der Waals surface area contributed by atoms with Crippen LogP contribution in [0, 0.1) is 5.92 Å². The van der Waals surface area contributed by atoms with E-state index in [1.807, 2.05) is 18.0 Å². The molecule has 0 spiro atoms. The van der Waals surface area contributed by atoms with Crippen molar-refractivity contribution in [3.63, 3.8) is 0 Å². The molecule has 3 heterocycles. The number of hydrogen-bond donors (Lipinski definition) is 0. The number of likely N-dealkylation sites (tertiary alicyclic amines) is 1. The van der Waals surface area contributed by atoms with Crippen LogP contribution in [-0.4, -0.2) is 38.0 Å². The van der Waals surface area contributed by atoms with Gasteiger partial charge in [-0.15, -0.1) is 0 Å². The Morgan fingerprint density at radius 1 is 1.15 bits per heavy atom. The van der Waals surface area contributed by atoms with E-state index >= 15 is 0 Å². The van der Waals surface area contributed by atoms with E-state index < -0.39 is 0 Å². The zero-order valence-corrected chi connectivity index (χ0v) is 16.0. The van der Waals surface area contributed by atoms with Crippen LogP contribution in [0.5, 0.6) is 0 Å². The minimum atomic E-state index is -0.115. The number of pyridine rings is 1. The maximum atomic E-state index is 12.8. The molecule has 6 heteroatoms. The molecule has 6 nitrogen and oxygen atoms in total. The third kappa shape index (κ3) is 3.70. The maximum Gasteiger partial charge on any atom is 0.254 e. The molecule has 1 saturated heterocycles. The van der Waals surface area contributed by atoms with Crippen molar-refractivity contribution < 1.29 is 4.79 Å². The molecule has 4 rings (SSSR count). The van der Waals surface area contributed by atoms with Crippen molar-refractivity contribution in [1.29, 1.82) is 0 Å². The lowest BCUT2D eigenvalue weighted by Gasteiger charge is -2.33. The lowest BCUT2D eigenvalue weighted by atomic mass is 9.85. The van der Waals surface area contributed by atoms with Gasteiger partial charge in [-0.3, -0.25) is 9.59 Å². The van der Waals surface area contributed by atoms with Gasteiger partial charge in [0.2, 0.25) is 0 Å². The number of carbonyl (C=O) groups is 1. The van der Waals surface area contributed by atoms with Gasteiger partial charge in [0.15, 0.2) is 0 Å². The van der Waals surface area contributed by atoms with Gasteiger partial charge in [0.25, 0.3) is 11.5 Å². The van der Waals surface area contributed by atoms with Crippen molar-refractivity contribution in [2.75, 3.05) is 13.1 Å². The Morgan fingerprint density at radius 3 is 2.56 bits per heavy atom. The van der Waals surface area contributed by atoms with Crippen LogP contribution in [-0.2, 0) is 13.1 Å². The van der Waals surface area contributed by atoms with E-state index in [2.05, 4.69) is 15.7 Å². The Balaban J connectivity index is 1.39. The van der Waals surface area contributed by atoms with Crippen LogP contribution in [0.2, 0.25) is 0 Å². The summed E-state index contributed by atoms with van der Waals surface area (Å²) in [6.45, 7) is 5.06. The van der Waals surface area contributed by atoms with Crippen molar-refractivity contribution in [2.45, 2.75) is 58.0 Å². The molecule has 144 valence electrons. The summed E-state index contributed by atoms with van der Waals surface area (Å²) < 4.78 is 3.93. The molecule has 1 aliphatic carbocycles. The SMILES string of the molecule is CCn1ccc(C(=O)N2CCC(c3nccn3CC3CCC3)CC2)cc1=O. The normalized spacial score (nSPS) is 18.5. The average Bonchev–Trinajstić information content (AvgIpc) is 3.12. The van der Waals surface area contributed by atoms with Gasteiger partial charge in [-0.1, -0.05) is 6.42 Å². The first kappa shape index (κ1) is 18.0. The van der Waals surface area contributed by atoms with Crippen molar-refractivity contribution in [2.24, 2.45) is 5.92 Å². The summed E-state index contributed by atoms with van der Waals surface area (Å²) in [7, 11) is 0. The number of aryl methyl sites for hydroxylation is 1. The van der Waals surface area contributed by atoms with E-state index in [-0.39, 0.29) is 11.5 Å². The molecule has 0 atom stereocenters. The number of rotatable bonds is 5. The Labute approximate surface area is 159 Å². The first-order chi connectivity index (χ1) is 13.2. The minimum Gasteiger partial charge on any atom is -0.339 e. The summed E-state index contributed by atoms with van der Waals surface area (Å²) in [6, 6.07) is 3.22. The number of piperidine rings is 1. The molecule has 2 aromatic rings. The van der Waals surface area contributed by atoms with Gasteiger partial charge in [0.1, 0.15) is 5.82 Å². The first-order valence-corrected chi connectivity index (χ1v) is 10.2. The van der Waals surface area contributed by atoms with Gasteiger partial charge >= 0.3 is 0 Å². The molecule has 2 aromatic heterocycles. The minimum absolute atomic E-state index is 0.0355. The van der Waals surface area contributed by atoms with Gasteiger partial charge in [-0.05, 0) is 44.6 Å². The molecule has 0 aromatic carbocycles. The Kier molecular flexibility index (Phi) is 5.14. The fourth-order valence-corrected chi connectivity index (χ4v) is 4.21. The van der Waals surface area contributed by atoms with E-state index in [1.165, 1.54) is 31.2 Å². The lowest BCUT2D eigenvalue weighted by molar-refractivity contribution is 0.0709. The Hall–Kier alpha value is -2.37. The molecule has 1 amide bonds. The van der Waals surface area contributed by atoms with E-state index in [9.17, 15) is 9.59 Å². The highest BCUT2D eigenvalue weighted by molar-refractivity contribution is 5.94. The lowest BCUT2D eigenvalue weighted by Crippen LogP contribution is -2.39. The summed E-state index contributed by atoms with van der Waals surface area (Å²) in [6.07, 6.45) is 11.6. The maximum absolute atomic E-state index is 12.8. The summed E-state index contributed by atoms with van der Waals surface area (Å²) in [5, 5.41) is 0. The molecular formula is C21H28N4O2. The summed E-state index contributed by atoms with van der Waals surface area (Å²) in [5.74, 6) is 2.37. The second kappa shape index (κ2) is 7.71. The molecule has 2 aliphatic rings. The number of hydrogen-bond acceptors (Lipinski definition) is 3. The van der Waals surface area contributed by atoms with Crippen LogP contribution in [0.15, 0.2) is 35.5 Å². The summed E-state index contributed by atoms with van der Waals surface area (Å²) >= 11 is 0. The highest BCUT2D eigenvalue weighted by atomic mass is 16.2. The smallest absolute Gasteiger partial charge is 0.254 e. The molecule has 0 N–H and O–H groups in total. The molecule has 27 heavy (non-hydrogen) atoms. The van der Waals surface area contributed by atoms with Gasteiger partial charge in [-0.25, -0.2) is 4.98 Å². The Morgan fingerprint density at radius 2 is 1.93 bits per heavy atom. The van der Waals surface area contributed by atoms with Crippen LogP contribution in [0.1, 0.15) is 61.1 Å². The van der Waals surface area contributed by atoms with E-state index in [1.54, 1.807) is 16.8 Å². The third-order valence-corrected chi connectivity index (χ3v) is 6.16. The summed E-state index contributed by atoms with van der Waals surface area (Å²) in [4.78, 5) is 31.3. The van der Waals surface area contributed by atoms with Gasteiger partial charge in [-0.2, -0.15) is 0 Å². The largest absolute Gasteiger partial charge is 0.339 e. The zero-order chi connectivity index (χ0) is 18.8. The van der Waals surface area contributed by atoms with Gasteiger partial charge in [0, 0.05) is 62.3 Å². The highest BCUT2D eigenvalue weighted by Crippen LogP contribution is 2.31. The molecule has 1 aliphatic heterocycles. The fourth-order valence-electron chi connectivity index (χ4n) is 4.21. The van der Waals surface area contributed by atoms with Crippen LogP contribution in [0.3, 0.4) is 0 Å². The Bertz CT molecular complexity index is 857. The van der Waals surface area contributed by atoms with Crippen molar-refractivity contribution in [3.8, 4) is 0 Å². The number of imidazole rings is 1. The third-order valence-electron chi connectivity index (χ3n) is 6.16. The van der Waals surface area contributed by atoms with Crippen LogP contribution in [0.25, 0.3) is 0 Å². The van der Waals surface area contributed by atoms with E-state index in [0.29, 0.717) is 18.0 Å². The molecule has 0 radical (unpaired) electrons. The van der Waals surface area contributed by atoms with Crippen molar-refractivity contribution >= 4 is 5.91 Å². The molecule has 0 bridgehead atoms. The topological polar surface area (TPSA) is 60.1 Å².